The van der Waals surface area contributed by atoms with Crippen molar-refractivity contribution in [3.63, 3.8) is 0 Å². The summed E-state index contributed by atoms with van der Waals surface area (Å²) in [7, 11) is 2.91. The molecule has 0 unspecified atom stereocenters. The lowest BCUT2D eigenvalue weighted by molar-refractivity contribution is 0.0702. The van der Waals surface area contributed by atoms with Crippen LogP contribution in [0.5, 0.6) is 11.9 Å². The summed E-state index contributed by atoms with van der Waals surface area (Å²) in [4.78, 5) is 27.2. The minimum absolute atomic E-state index is 0.0818. The molecule has 3 heterocycles. The molecule has 1 aliphatic rings. The summed E-state index contributed by atoms with van der Waals surface area (Å²) in [5, 5.41) is 3.99. The molecule has 1 atom stereocenters. The molecule has 9 nitrogen and oxygen atoms in total. The highest BCUT2D eigenvalue weighted by atomic mass is 16.5. The Bertz CT molecular complexity index is 738. The second-order valence-corrected chi connectivity index (χ2v) is 6.08. The molecule has 9 heteroatoms. The Labute approximate surface area is 145 Å². The quantitative estimate of drug-likeness (QED) is 0.809. The number of carbonyl (C=O) groups excluding carboxylic acids is 1. The first-order valence-electron chi connectivity index (χ1n) is 8.15. The first-order valence-corrected chi connectivity index (χ1v) is 8.15. The molecule has 25 heavy (non-hydrogen) atoms. The number of rotatable bonds is 5. The number of ether oxygens (including phenoxy) is 2. The minimum Gasteiger partial charge on any atom is -0.481 e. The number of carbonyl (C=O) groups is 1. The lowest BCUT2D eigenvalue weighted by atomic mass is 10.2. The van der Waals surface area contributed by atoms with Crippen LogP contribution >= 0.6 is 0 Å². The molecule has 2 aromatic rings. The lowest BCUT2D eigenvalue weighted by Gasteiger charge is -2.21. The van der Waals surface area contributed by atoms with Crippen LogP contribution in [-0.4, -0.2) is 51.7 Å². The Morgan fingerprint density at radius 3 is 2.72 bits per heavy atom. The number of hydrogen-bond donors (Lipinski definition) is 0. The van der Waals surface area contributed by atoms with Gasteiger partial charge in [-0.2, -0.15) is 15.0 Å². The van der Waals surface area contributed by atoms with Gasteiger partial charge in [0.15, 0.2) is 5.82 Å². The molecule has 0 aromatic carbocycles. The Morgan fingerprint density at radius 1 is 1.28 bits per heavy atom. The average Bonchev–Trinajstić information content (AvgIpc) is 3.29. The summed E-state index contributed by atoms with van der Waals surface area (Å²) in [6, 6.07) is 1.32. The van der Waals surface area contributed by atoms with Gasteiger partial charge in [-0.05, 0) is 12.8 Å². The van der Waals surface area contributed by atoms with Crippen molar-refractivity contribution < 1.29 is 18.8 Å². The van der Waals surface area contributed by atoms with Gasteiger partial charge in [0.1, 0.15) is 11.7 Å². The normalized spacial score (nSPS) is 17.2. The third-order valence-corrected chi connectivity index (χ3v) is 4.07. The molecule has 0 saturated carbocycles. The summed E-state index contributed by atoms with van der Waals surface area (Å²) in [5.41, 5.74) is 0.208. The smallest absolute Gasteiger partial charge is 0.320 e. The molecule has 0 spiro atoms. The molecule has 3 rings (SSSR count). The van der Waals surface area contributed by atoms with Gasteiger partial charge in [0.2, 0.25) is 11.8 Å². The number of likely N-dealkylation sites (tertiary alicyclic amines) is 1. The van der Waals surface area contributed by atoms with Crippen LogP contribution in [0.4, 0.5) is 0 Å². The fourth-order valence-electron chi connectivity index (χ4n) is 2.74. The minimum atomic E-state index is -0.251. The van der Waals surface area contributed by atoms with E-state index in [1.807, 2.05) is 13.8 Å². The maximum atomic E-state index is 12.9. The number of nitrogens with zero attached hydrogens (tertiary/aromatic N) is 5. The topological polar surface area (TPSA) is 103 Å². The maximum Gasteiger partial charge on any atom is 0.320 e. The highest BCUT2D eigenvalue weighted by molar-refractivity contribution is 5.93. The summed E-state index contributed by atoms with van der Waals surface area (Å²) < 4.78 is 15.5. The molecule has 1 aliphatic heterocycles. The second-order valence-electron chi connectivity index (χ2n) is 6.08. The standard InChI is InChI=1S/C16H21N5O4/c1-9(2)13-19-14(25-20-13)11-6-5-7-21(11)15(22)10-8-12(23-3)18-16(17-10)24-4/h8-9,11H,5-7H2,1-4H3/t11-/m1/s1. The molecular formula is C16H21N5O4. The van der Waals surface area contributed by atoms with Crippen molar-refractivity contribution in [1.82, 2.24) is 25.0 Å². The molecule has 0 radical (unpaired) electrons. The largest absolute Gasteiger partial charge is 0.481 e. The van der Waals surface area contributed by atoms with Gasteiger partial charge in [-0.3, -0.25) is 4.79 Å². The van der Waals surface area contributed by atoms with Crippen LogP contribution in [0, 0.1) is 0 Å². The molecule has 0 bridgehead atoms. The fraction of sp³-hybridized carbons (Fsp3) is 0.562. The van der Waals surface area contributed by atoms with E-state index in [0.717, 1.165) is 12.8 Å². The van der Waals surface area contributed by atoms with E-state index >= 15 is 0 Å². The predicted octanol–water partition coefficient (Wildman–Crippen LogP) is 1.98. The van der Waals surface area contributed by atoms with Gasteiger partial charge >= 0.3 is 6.01 Å². The summed E-state index contributed by atoms with van der Waals surface area (Å²) in [5.74, 6) is 1.29. The van der Waals surface area contributed by atoms with Crippen molar-refractivity contribution >= 4 is 5.91 Å². The van der Waals surface area contributed by atoms with Gasteiger partial charge in [-0.25, -0.2) is 0 Å². The van der Waals surface area contributed by atoms with Crippen molar-refractivity contribution in [2.45, 2.75) is 38.6 Å². The number of methoxy groups -OCH3 is 2. The van der Waals surface area contributed by atoms with Gasteiger partial charge in [0, 0.05) is 18.5 Å². The van der Waals surface area contributed by atoms with E-state index in [1.54, 1.807) is 4.90 Å². The van der Waals surface area contributed by atoms with Crippen LogP contribution in [0.2, 0.25) is 0 Å². The SMILES string of the molecule is COc1cc(C(=O)N2CCC[C@@H]2c2nc(C(C)C)no2)nc(OC)n1. The zero-order chi connectivity index (χ0) is 18.0. The average molecular weight is 347 g/mol. The van der Waals surface area contributed by atoms with E-state index in [2.05, 4.69) is 20.1 Å². The van der Waals surface area contributed by atoms with Gasteiger partial charge < -0.3 is 18.9 Å². The highest BCUT2D eigenvalue weighted by Crippen LogP contribution is 2.33. The van der Waals surface area contributed by atoms with Crippen LogP contribution < -0.4 is 9.47 Å². The van der Waals surface area contributed by atoms with Gasteiger partial charge in [-0.1, -0.05) is 19.0 Å². The molecule has 0 aliphatic carbocycles. The zero-order valence-electron chi connectivity index (χ0n) is 14.7. The van der Waals surface area contributed by atoms with Crippen molar-refractivity contribution in [3.05, 3.63) is 23.5 Å². The maximum absolute atomic E-state index is 12.9. The number of hydrogen-bond acceptors (Lipinski definition) is 8. The van der Waals surface area contributed by atoms with Crippen LogP contribution in [0.3, 0.4) is 0 Å². The third-order valence-electron chi connectivity index (χ3n) is 4.07. The van der Waals surface area contributed by atoms with E-state index in [0.29, 0.717) is 18.3 Å². The second kappa shape index (κ2) is 7.04. The number of aromatic nitrogens is 4. The van der Waals surface area contributed by atoms with Crippen molar-refractivity contribution in [2.24, 2.45) is 0 Å². The van der Waals surface area contributed by atoms with Crippen molar-refractivity contribution in [2.75, 3.05) is 20.8 Å². The van der Waals surface area contributed by atoms with Gasteiger partial charge in [0.05, 0.1) is 14.2 Å². The Morgan fingerprint density at radius 2 is 2.08 bits per heavy atom. The van der Waals surface area contributed by atoms with Crippen LogP contribution in [0.25, 0.3) is 0 Å². The molecule has 134 valence electrons. The van der Waals surface area contributed by atoms with Crippen LogP contribution in [-0.2, 0) is 0 Å². The van der Waals surface area contributed by atoms with Gasteiger partial charge in [0.25, 0.3) is 5.91 Å². The Hall–Kier alpha value is -2.71. The Kier molecular flexibility index (Phi) is 4.82. The molecular weight excluding hydrogens is 326 g/mol. The summed E-state index contributed by atoms with van der Waals surface area (Å²) in [6.45, 7) is 4.58. The van der Waals surface area contributed by atoms with E-state index in [-0.39, 0.29) is 35.5 Å². The third kappa shape index (κ3) is 3.40. The molecule has 1 amide bonds. The van der Waals surface area contributed by atoms with Crippen molar-refractivity contribution in [3.8, 4) is 11.9 Å². The molecule has 1 saturated heterocycles. The van der Waals surface area contributed by atoms with E-state index < -0.39 is 0 Å². The summed E-state index contributed by atoms with van der Waals surface area (Å²) in [6.07, 6.45) is 1.62. The fourth-order valence-corrected chi connectivity index (χ4v) is 2.74. The molecule has 1 fully saturated rings. The molecule has 2 aromatic heterocycles. The van der Waals surface area contributed by atoms with Crippen LogP contribution in [0.1, 0.15) is 60.9 Å². The van der Waals surface area contributed by atoms with E-state index in [9.17, 15) is 4.79 Å². The first kappa shape index (κ1) is 17.1. The first-order chi connectivity index (χ1) is 12.0. The lowest BCUT2D eigenvalue weighted by Crippen LogP contribution is -2.31. The number of amides is 1. The van der Waals surface area contributed by atoms with Crippen LogP contribution in [0.15, 0.2) is 10.6 Å². The van der Waals surface area contributed by atoms with E-state index in [4.69, 9.17) is 14.0 Å². The van der Waals surface area contributed by atoms with E-state index in [1.165, 1.54) is 20.3 Å². The molecule has 0 N–H and O–H groups in total. The predicted molar refractivity (Wildman–Crippen MR) is 86.5 cm³/mol. The van der Waals surface area contributed by atoms with Crippen molar-refractivity contribution in [1.29, 1.82) is 0 Å². The zero-order valence-corrected chi connectivity index (χ0v) is 14.7. The summed E-state index contributed by atoms with van der Waals surface area (Å²) >= 11 is 0. The Balaban J connectivity index is 1.87. The van der Waals surface area contributed by atoms with Gasteiger partial charge in [-0.15, -0.1) is 0 Å². The highest BCUT2D eigenvalue weighted by Gasteiger charge is 2.35. The monoisotopic (exact) mass is 347 g/mol.